The summed E-state index contributed by atoms with van der Waals surface area (Å²) in [6, 6.07) is 5.95. The van der Waals surface area contributed by atoms with Gasteiger partial charge in [-0.05, 0) is 49.9 Å². The zero-order valence-corrected chi connectivity index (χ0v) is 10.5. The van der Waals surface area contributed by atoms with E-state index in [2.05, 4.69) is 11.0 Å². The molecule has 17 heavy (non-hydrogen) atoms. The minimum Gasteiger partial charge on any atom is -0.465 e. The third-order valence-corrected chi connectivity index (χ3v) is 3.20. The molecule has 0 amide bonds. The number of methoxy groups -OCH3 is 1. The Labute approximate surface area is 102 Å². The van der Waals surface area contributed by atoms with E-state index in [9.17, 15) is 4.79 Å². The highest BCUT2D eigenvalue weighted by Crippen LogP contribution is 2.23. The lowest BCUT2D eigenvalue weighted by atomic mass is 10.1. The van der Waals surface area contributed by atoms with E-state index in [0.717, 1.165) is 24.3 Å². The van der Waals surface area contributed by atoms with Gasteiger partial charge >= 0.3 is 5.97 Å². The van der Waals surface area contributed by atoms with Gasteiger partial charge in [0.15, 0.2) is 0 Å². The third-order valence-electron chi connectivity index (χ3n) is 3.20. The number of ether oxygens (including phenoxy) is 1. The van der Waals surface area contributed by atoms with Gasteiger partial charge in [-0.25, -0.2) is 4.79 Å². The number of esters is 1. The van der Waals surface area contributed by atoms with Crippen molar-refractivity contribution < 1.29 is 9.53 Å². The molecular weight excluding hydrogens is 214 g/mol. The molecule has 0 N–H and O–H groups in total. The van der Waals surface area contributed by atoms with Crippen molar-refractivity contribution in [1.29, 1.82) is 0 Å². The summed E-state index contributed by atoms with van der Waals surface area (Å²) in [5, 5.41) is 0. The second kappa shape index (κ2) is 5.21. The van der Waals surface area contributed by atoms with Crippen molar-refractivity contribution in [3.8, 4) is 0 Å². The lowest BCUT2D eigenvalue weighted by Crippen LogP contribution is -2.29. The molecule has 0 aliphatic carbocycles. The van der Waals surface area contributed by atoms with Gasteiger partial charge in [0, 0.05) is 18.8 Å². The topological polar surface area (TPSA) is 29.5 Å². The van der Waals surface area contributed by atoms with Crippen LogP contribution in [0.1, 0.15) is 35.2 Å². The summed E-state index contributed by atoms with van der Waals surface area (Å²) in [6.45, 7) is 4.19. The Kier molecular flexibility index (Phi) is 3.67. The first-order chi connectivity index (χ1) is 8.20. The van der Waals surface area contributed by atoms with Gasteiger partial charge in [0.05, 0.1) is 12.7 Å². The smallest absolute Gasteiger partial charge is 0.337 e. The first-order valence-corrected chi connectivity index (χ1v) is 6.15. The van der Waals surface area contributed by atoms with Crippen LogP contribution in [0.4, 0.5) is 5.69 Å². The van der Waals surface area contributed by atoms with Gasteiger partial charge in [0.1, 0.15) is 0 Å². The molecule has 0 aromatic heterocycles. The summed E-state index contributed by atoms with van der Waals surface area (Å²) < 4.78 is 4.78. The predicted octanol–water partition coefficient (Wildman–Crippen LogP) is 2.77. The number of aryl methyl sites for hydroxylation is 1. The fourth-order valence-corrected chi connectivity index (χ4v) is 2.33. The Morgan fingerprint density at radius 2 is 1.88 bits per heavy atom. The molecule has 1 saturated heterocycles. The maximum absolute atomic E-state index is 11.6. The van der Waals surface area contributed by atoms with Crippen LogP contribution in [0.15, 0.2) is 18.2 Å². The minimum absolute atomic E-state index is 0.257. The number of anilines is 1. The Bertz CT molecular complexity index is 409. The van der Waals surface area contributed by atoms with Gasteiger partial charge in [0.25, 0.3) is 0 Å². The Morgan fingerprint density at radius 1 is 1.18 bits per heavy atom. The van der Waals surface area contributed by atoms with E-state index in [4.69, 9.17) is 4.74 Å². The molecule has 1 aliphatic heterocycles. The van der Waals surface area contributed by atoms with E-state index in [1.54, 1.807) is 0 Å². The monoisotopic (exact) mass is 233 g/mol. The van der Waals surface area contributed by atoms with Crippen LogP contribution < -0.4 is 4.90 Å². The number of piperidine rings is 1. The number of hydrogen-bond acceptors (Lipinski definition) is 3. The maximum Gasteiger partial charge on any atom is 0.337 e. The van der Waals surface area contributed by atoms with Crippen LogP contribution in [0.3, 0.4) is 0 Å². The van der Waals surface area contributed by atoms with E-state index >= 15 is 0 Å². The molecule has 0 bridgehead atoms. The van der Waals surface area contributed by atoms with Crippen molar-refractivity contribution in [2.45, 2.75) is 26.2 Å². The van der Waals surface area contributed by atoms with E-state index in [0.29, 0.717) is 5.56 Å². The summed E-state index contributed by atoms with van der Waals surface area (Å²) in [6.07, 6.45) is 3.79. The molecule has 3 nitrogen and oxygen atoms in total. The molecule has 1 aromatic rings. The second-order valence-electron chi connectivity index (χ2n) is 4.60. The van der Waals surface area contributed by atoms with Crippen LogP contribution in [0.5, 0.6) is 0 Å². The van der Waals surface area contributed by atoms with E-state index < -0.39 is 0 Å². The standard InChI is InChI=1S/C14H19NO2/c1-11-8-12(14(16)17-2)10-13(9-11)15-6-4-3-5-7-15/h8-10H,3-7H2,1-2H3. The molecule has 3 heteroatoms. The van der Waals surface area contributed by atoms with Crippen LogP contribution in [0, 0.1) is 6.92 Å². The van der Waals surface area contributed by atoms with E-state index in [-0.39, 0.29) is 5.97 Å². The third kappa shape index (κ3) is 2.78. The fraction of sp³-hybridized carbons (Fsp3) is 0.500. The lowest BCUT2D eigenvalue weighted by molar-refractivity contribution is 0.0600. The normalized spacial score (nSPS) is 15.8. The Morgan fingerprint density at radius 3 is 2.53 bits per heavy atom. The van der Waals surface area contributed by atoms with Crippen LogP contribution in [0.2, 0.25) is 0 Å². The van der Waals surface area contributed by atoms with Crippen molar-refractivity contribution in [1.82, 2.24) is 0 Å². The zero-order valence-electron chi connectivity index (χ0n) is 10.5. The van der Waals surface area contributed by atoms with Gasteiger partial charge < -0.3 is 9.64 Å². The molecule has 0 spiro atoms. The molecule has 0 unspecified atom stereocenters. The van der Waals surface area contributed by atoms with Gasteiger partial charge in [-0.3, -0.25) is 0 Å². The summed E-state index contributed by atoms with van der Waals surface area (Å²) in [4.78, 5) is 13.9. The molecule has 1 heterocycles. The number of hydrogen-bond donors (Lipinski definition) is 0. The minimum atomic E-state index is -0.257. The van der Waals surface area contributed by atoms with Crippen molar-refractivity contribution in [2.24, 2.45) is 0 Å². The quantitative estimate of drug-likeness (QED) is 0.736. The second-order valence-corrected chi connectivity index (χ2v) is 4.60. The summed E-state index contributed by atoms with van der Waals surface area (Å²) in [5.41, 5.74) is 2.90. The van der Waals surface area contributed by atoms with E-state index in [1.165, 1.54) is 26.4 Å². The average molecular weight is 233 g/mol. The molecule has 1 fully saturated rings. The van der Waals surface area contributed by atoms with Crippen LogP contribution >= 0.6 is 0 Å². The predicted molar refractivity (Wildman–Crippen MR) is 68.6 cm³/mol. The Balaban J connectivity index is 2.27. The van der Waals surface area contributed by atoms with Crippen molar-refractivity contribution in [3.63, 3.8) is 0 Å². The molecular formula is C14H19NO2. The average Bonchev–Trinajstić information content (AvgIpc) is 2.38. The van der Waals surface area contributed by atoms with E-state index in [1.807, 2.05) is 19.1 Å². The lowest BCUT2D eigenvalue weighted by Gasteiger charge is -2.29. The zero-order chi connectivity index (χ0) is 12.3. The van der Waals surface area contributed by atoms with Crippen molar-refractivity contribution in [3.05, 3.63) is 29.3 Å². The first-order valence-electron chi connectivity index (χ1n) is 6.15. The molecule has 1 aliphatic rings. The number of carbonyl (C=O) groups excluding carboxylic acids is 1. The summed E-state index contributed by atoms with van der Waals surface area (Å²) in [5.74, 6) is -0.257. The maximum atomic E-state index is 11.6. The molecule has 92 valence electrons. The highest BCUT2D eigenvalue weighted by atomic mass is 16.5. The van der Waals surface area contributed by atoms with Crippen LogP contribution in [0.25, 0.3) is 0 Å². The highest BCUT2D eigenvalue weighted by molar-refractivity contribution is 5.90. The number of carbonyl (C=O) groups is 1. The van der Waals surface area contributed by atoms with Crippen molar-refractivity contribution >= 4 is 11.7 Å². The van der Waals surface area contributed by atoms with Gasteiger partial charge in [-0.2, -0.15) is 0 Å². The van der Waals surface area contributed by atoms with Crippen LogP contribution in [-0.2, 0) is 4.74 Å². The summed E-state index contributed by atoms with van der Waals surface area (Å²) in [7, 11) is 1.42. The molecule has 1 aromatic carbocycles. The molecule has 0 atom stereocenters. The first kappa shape index (κ1) is 12.0. The summed E-state index contributed by atoms with van der Waals surface area (Å²) >= 11 is 0. The largest absolute Gasteiger partial charge is 0.465 e. The van der Waals surface area contributed by atoms with Gasteiger partial charge in [0.2, 0.25) is 0 Å². The fourth-order valence-electron chi connectivity index (χ4n) is 2.33. The number of nitrogens with zero attached hydrogens (tertiary/aromatic N) is 1. The van der Waals surface area contributed by atoms with Crippen LogP contribution in [-0.4, -0.2) is 26.2 Å². The molecule has 2 rings (SSSR count). The highest BCUT2D eigenvalue weighted by Gasteiger charge is 2.14. The SMILES string of the molecule is COC(=O)c1cc(C)cc(N2CCCCC2)c1. The molecule has 0 radical (unpaired) electrons. The number of benzene rings is 1. The number of rotatable bonds is 2. The molecule has 0 saturated carbocycles. The van der Waals surface area contributed by atoms with Gasteiger partial charge in [-0.15, -0.1) is 0 Å². The Hall–Kier alpha value is -1.51. The van der Waals surface area contributed by atoms with Gasteiger partial charge in [-0.1, -0.05) is 0 Å². The van der Waals surface area contributed by atoms with Crippen molar-refractivity contribution in [2.75, 3.05) is 25.1 Å².